The predicted octanol–water partition coefficient (Wildman–Crippen LogP) is 0.657. The van der Waals surface area contributed by atoms with E-state index in [0.717, 1.165) is 18.5 Å². The summed E-state index contributed by atoms with van der Waals surface area (Å²) in [6, 6.07) is -0.00474. The van der Waals surface area contributed by atoms with E-state index < -0.39 is 0 Å². The van der Waals surface area contributed by atoms with Gasteiger partial charge < -0.3 is 11.1 Å². The maximum Gasteiger partial charge on any atom is 0.234 e. The third-order valence-electron chi connectivity index (χ3n) is 3.46. The van der Waals surface area contributed by atoms with E-state index in [0.29, 0.717) is 13.1 Å². The van der Waals surface area contributed by atoms with Crippen molar-refractivity contribution in [3.05, 3.63) is 18.0 Å². The first-order valence-electron chi connectivity index (χ1n) is 7.28. The molecule has 6 heteroatoms. The van der Waals surface area contributed by atoms with Crippen LogP contribution in [0.4, 0.5) is 0 Å². The number of aromatic nitrogens is 2. The molecule has 6 nitrogen and oxygen atoms in total. The molecule has 0 radical (unpaired) electrons. The lowest BCUT2D eigenvalue weighted by Gasteiger charge is -2.33. The minimum atomic E-state index is -0.0198. The molecule has 2 unspecified atom stereocenters. The van der Waals surface area contributed by atoms with Gasteiger partial charge in [0.25, 0.3) is 0 Å². The molecular formula is C14H27N5O. The highest BCUT2D eigenvalue weighted by atomic mass is 16.2. The smallest absolute Gasteiger partial charge is 0.234 e. The number of rotatable bonds is 8. The Kier molecular flexibility index (Phi) is 6.67. The number of likely N-dealkylation sites (N-methyl/N-ethyl adjacent to an activating group) is 2. The summed E-state index contributed by atoms with van der Waals surface area (Å²) in [5.41, 5.74) is 7.34. The van der Waals surface area contributed by atoms with Crippen molar-refractivity contribution in [1.29, 1.82) is 0 Å². The second-order valence-electron chi connectivity index (χ2n) is 4.98. The van der Waals surface area contributed by atoms with Crippen LogP contribution >= 0.6 is 0 Å². The maximum atomic E-state index is 11.8. The molecule has 3 N–H and O–H groups in total. The molecule has 0 aliphatic rings. The first-order chi connectivity index (χ1) is 9.53. The molecule has 0 aliphatic carbocycles. The van der Waals surface area contributed by atoms with Crippen molar-refractivity contribution in [1.82, 2.24) is 20.0 Å². The van der Waals surface area contributed by atoms with Crippen LogP contribution in [0.15, 0.2) is 12.4 Å². The van der Waals surface area contributed by atoms with Gasteiger partial charge in [-0.15, -0.1) is 0 Å². The Hall–Kier alpha value is -1.40. The molecule has 20 heavy (non-hydrogen) atoms. The highest BCUT2D eigenvalue weighted by molar-refractivity contribution is 5.78. The van der Waals surface area contributed by atoms with Gasteiger partial charge in [0.2, 0.25) is 5.91 Å². The van der Waals surface area contributed by atoms with Gasteiger partial charge in [0.1, 0.15) is 0 Å². The van der Waals surface area contributed by atoms with E-state index in [-0.39, 0.29) is 18.0 Å². The monoisotopic (exact) mass is 281 g/mol. The summed E-state index contributed by atoms with van der Waals surface area (Å²) < 4.78 is 1.77. The summed E-state index contributed by atoms with van der Waals surface area (Å²) in [7, 11) is 1.89. The number of nitrogens with one attached hydrogen (secondary N) is 1. The van der Waals surface area contributed by atoms with E-state index in [2.05, 4.69) is 22.2 Å². The molecule has 0 fully saturated rings. The molecule has 1 heterocycles. The van der Waals surface area contributed by atoms with Crippen molar-refractivity contribution in [3.63, 3.8) is 0 Å². The van der Waals surface area contributed by atoms with Crippen molar-refractivity contribution >= 4 is 5.91 Å². The van der Waals surface area contributed by atoms with Gasteiger partial charge in [-0.1, -0.05) is 13.8 Å². The van der Waals surface area contributed by atoms with E-state index in [4.69, 9.17) is 5.73 Å². The fraction of sp³-hybridized carbons (Fsp3) is 0.714. The molecule has 0 aliphatic heterocycles. The third-order valence-corrected chi connectivity index (χ3v) is 3.46. The van der Waals surface area contributed by atoms with Crippen LogP contribution in [-0.4, -0.2) is 46.3 Å². The average Bonchev–Trinajstić information content (AvgIpc) is 2.84. The Morgan fingerprint density at radius 2 is 2.20 bits per heavy atom. The summed E-state index contributed by atoms with van der Waals surface area (Å²) >= 11 is 0. The van der Waals surface area contributed by atoms with Gasteiger partial charge >= 0.3 is 0 Å². The van der Waals surface area contributed by atoms with Gasteiger partial charge in [-0.25, -0.2) is 0 Å². The van der Waals surface area contributed by atoms with Crippen LogP contribution in [0.1, 0.15) is 38.8 Å². The number of carbonyl (C=O) groups excluding carboxylic acids is 1. The van der Waals surface area contributed by atoms with Gasteiger partial charge in [-0.05, 0) is 19.9 Å². The van der Waals surface area contributed by atoms with Crippen LogP contribution < -0.4 is 11.1 Å². The lowest BCUT2D eigenvalue weighted by molar-refractivity contribution is -0.122. The lowest BCUT2D eigenvalue weighted by atomic mass is 9.99. The maximum absolute atomic E-state index is 11.8. The van der Waals surface area contributed by atoms with Crippen molar-refractivity contribution in [2.75, 3.05) is 19.6 Å². The molecule has 2 atom stereocenters. The van der Waals surface area contributed by atoms with Gasteiger partial charge in [0, 0.05) is 31.4 Å². The fourth-order valence-electron chi connectivity index (χ4n) is 2.39. The first-order valence-corrected chi connectivity index (χ1v) is 7.28. The Balaban J connectivity index is 2.92. The van der Waals surface area contributed by atoms with Crippen LogP contribution in [0.5, 0.6) is 0 Å². The largest absolute Gasteiger partial charge is 0.355 e. The molecule has 0 saturated heterocycles. The molecule has 0 aromatic carbocycles. The van der Waals surface area contributed by atoms with E-state index in [1.807, 2.05) is 33.3 Å². The average molecular weight is 281 g/mol. The molecule has 0 bridgehead atoms. The van der Waals surface area contributed by atoms with Crippen LogP contribution in [0, 0.1) is 0 Å². The Morgan fingerprint density at radius 3 is 2.65 bits per heavy atom. The van der Waals surface area contributed by atoms with Crippen LogP contribution in [0.25, 0.3) is 0 Å². The molecule has 1 aromatic rings. The van der Waals surface area contributed by atoms with Gasteiger partial charge in [-0.3, -0.25) is 14.4 Å². The Labute approximate surface area is 121 Å². The van der Waals surface area contributed by atoms with Crippen molar-refractivity contribution in [2.24, 2.45) is 12.8 Å². The minimum Gasteiger partial charge on any atom is -0.355 e. The third kappa shape index (κ3) is 4.31. The van der Waals surface area contributed by atoms with Gasteiger partial charge in [0.05, 0.1) is 18.8 Å². The second-order valence-corrected chi connectivity index (χ2v) is 4.98. The normalized spacial score (nSPS) is 14.3. The Bertz CT molecular complexity index is 417. The minimum absolute atomic E-state index is 0.0151. The number of nitrogens with zero attached hydrogens (tertiary/aromatic N) is 3. The summed E-state index contributed by atoms with van der Waals surface area (Å²) in [5.74, 6) is 0.0338. The number of hydrogen-bond acceptors (Lipinski definition) is 4. The summed E-state index contributed by atoms with van der Waals surface area (Å²) in [6.07, 6.45) is 4.66. The standard InChI is InChI=1S/C14H27N5O/c1-5-12(15)14(11-8-17-18(4)9-11)19(7-3)10-13(20)16-6-2/h8-9,12,14H,5-7,10,15H2,1-4H3,(H,16,20). The molecule has 1 amide bonds. The predicted molar refractivity (Wildman–Crippen MR) is 80.1 cm³/mol. The molecular weight excluding hydrogens is 254 g/mol. The van der Waals surface area contributed by atoms with Crippen molar-refractivity contribution in [2.45, 2.75) is 39.3 Å². The number of aryl methyl sites for hydroxylation is 1. The zero-order valence-corrected chi connectivity index (χ0v) is 13.0. The molecule has 0 saturated carbocycles. The van der Waals surface area contributed by atoms with Gasteiger partial charge in [-0.2, -0.15) is 5.10 Å². The lowest BCUT2D eigenvalue weighted by Crippen LogP contribution is -2.45. The zero-order valence-electron chi connectivity index (χ0n) is 13.0. The first kappa shape index (κ1) is 16.7. The SMILES string of the molecule is CCNC(=O)CN(CC)C(c1cnn(C)c1)C(N)CC. The van der Waals surface area contributed by atoms with Crippen LogP contribution in [0.2, 0.25) is 0 Å². The topological polar surface area (TPSA) is 76.2 Å². The fourth-order valence-corrected chi connectivity index (χ4v) is 2.39. The van der Waals surface area contributed by atoms with Crippen molar-refractivity contribution in [3.8, 4) is 0 Å². The van der Waals surface area contributed by atoms with E-state index in [1.165, 1.54) is 0 Å². The number of amides is 1. The van der Waals surface area contributed by atoms with E-state index >= 15 is 0 Å². The number of carbonyl (C=O) groups is 1. The summed E-state index contributed by atoms with van der Waals surface area (Å²) in [4.78, 5) is 14.0. The number of nitrogens with two attached hydrogens (primary N) is 1. The highest BCUT2D eigenvalue weighted by Crippen LogP contribution is 2.24. The van der Waals surface area contributed by atoms with Crippen molar-refractivity contribution < 1.29 is 4.79 Å². The number of hydrogen-bond donors (Lipinski definition) is 2. The zero-order chi connectivity index (χ0) is 15.1. The molecule has 1 rings (SSSR count). The quantitative estimate of drug-likeness (QED) is 0.734. The van der Waals surface area contributed by atoms with E-state index in [1.54, 1.807) is 4.68 Å². The summed E-state index contributed by atoms with van der Waals surface area (Å²) in [5, 5.41) is 7.06. The molecule has 1 aromatic heterocycles. The van der Waals surface area contributed by atoms with E-state index in [9.17, 15) is 4.79 Å². The molecule has 0 spiro atoms. The van der Waals surface area contributed by atoms with Crippen LogP contribution in [0.3, 0.4) is 0 Å². The highest BCUT2D eigenvalue weighted by Gasteiger charge is 2.27. The Morgan fingerprint density at radius 1 is 1.50 bits per heavy atom. The molecule has 114 valence electrons. The summed E-state index contributed by atoms with van der Waals surface area (Å²) in [6.45, 7) is 7.80. The van der Waals surface area contributed by atoms with Gasteiger partial charge in [0.15, 0.2) is 0 Å². The second kappa shape index (κ2) is 8.01. The van der Waals surface area contributed by atoms with Crippen LogP contribution in [-0.2, 0) is 11.8 Å².